The van der Waals surface area contributed by atoms with Crippen LogP contribution < -0.4 is 4.74 Å². The van der Waals surface area contributed by atoms with Gasteiger partial charge in [-0.05, 0) is 75.2 Å². The minimum atomic E-state index is -0.640. The van der Waals surface area contributed by atoms with Crippen molar-refractivity contribution in [2.24, 2.45) is 10.8 Å². The molecule has 4 aromatic rings. The zero-order valence-corrected chi connectivity index (χ0v) is 29.4. The molecule has 1 fully saturated rings. The summed E-state index contributed by atoms with van der Waals surface area (Å²) in [6, 6.07) is 31.3. The molecule has 1 saturated heterocycles. The Labute approximate surface area is 295 Å². The van der Waals surface area contributed by atoms with Crippen LogP contribution in [0, 0.1) is 10.8 Å². The topological polar surface area (TPSA) is 143 Å². The summed E-state index contributed by atoms with van der Waals surface area (Å²) >= 11 is 0. The molecule has 268 valence electrons. The third-order valence-corrected chi connectivity index (χ3v) is 8.82. The molecule has 4 aromatic carbocycles. The first-order valence-corrected chi connectivity index (χ1v) is 16.8. The smallest absolute Gasteiger partial charge is 0.193 e. The van der Waals surface area contributed by atoms with Crippen LogP contribution in [0.5, 0.6) is 11.5 Å². The summed E-state index contributed by atoms with van der Waals surface area (Å²) < 4.78 is 16.6. The average Bonchev–Trinajstić information content (AvgIpc) is 3.17. The number of aliphatic hydroxyl groups excluding tert-OH is 3. The minimum Gasteiger partial charge on any atom is -0.508 e. The maximum atomic E-state index is 12.3. The number of phenolic OH excluding ortho intramolecular Hbond substituents is 1. The highest BCUT2D eigenvalue weighted by molar-refractivity contribution is 6.09. The maximum absolute atomic E-state index is 12.3. The SMILES string of the molecule is CCC(CO)(CO)COc1ccc(C(=O)c2ccccc2)cc1.CCC1(CO)COC(C)(C)OC1.O=C(c1ccccc1)c1ccc(O)cc1. The second-order valence-electron chi connectivity index (χ2n) is 12.9. The van der Waals surface area contributed by atoms with Crippen molar-refractivity contribution in [1.82, 2.24) is 0 Å². The number of hydrogen-bond donors (Lipinski definition) is 4. The molecular formula is C41H50O9. The summed E-state index contributed by atoms with van der Waals surface area (Å²) in [5.41, 5.74) is 1.66. The molecule has 1 aliphatic rings. The van der Waals surface area contributed by atoms with Gasteiger partial charge in [-0.25, -0.2) is 0 Å². The molecule has 50 heavy (non-hydrogen) atoms. The normalized spacial score (nSPS) is 14.6. The highest BCUT2D eigenvalue weighted by Crippen LogP contribution is 2.31. The fraction of sp³-hybridized carbons (Fsp3) is 0.366. The molecular weight excluding hydrogens is 636 g/mol. The molecule has 4 N–H and O–H groups in total. The van der Waals surface area contributed by atoms with E-state index in [-0.39, 0.29) is 49.2 Å². The van der Waals surface area contributed by atoms with Crippen LogP contribution >= 0.6 is 0 Å². The van der Waals surface area contributed by atoms with Gasteiger partial charge in [0.2, 0.25) is 0 Å². The molecule has 9 heteroatoms. The highest BCUT2D eigenvalue weighted by atomic mass is 16.7. The zero-order chi connectivity index (χ0) is 36.6. The third-order valence-electron chi connectivity index (χ3n) is 8.82. The number of hydrogen-bond acceptors (Lipinski definition) is 9. The highest BCUT2D eigenvalue weighted by Gasteiger charge is 2.38. The van der Waals surface area contributed by atoms with E-state index >= 15 is 0 Å². The summed E-state index contributed by atoms with van der Waals surface area (Å²) in [5, 5.41) is 37.1. The monoisotopic (exact) mass is 686 g/mol. The number of aliphatic hydroxyl groups is 3. The van der Waals surface area contributed by atoms with E-state index in [0.29, 0.717) is 47.6 Å². The van der Waals surface area contributed by atoms with Gasteiger partial charge in [0.15, 0.2) is 17.4 Å². The van der Waals surface area contributed by atoms with Crippen molar-refractivity contribution in [3.63, 3.8) is 0 Å². The van der Waals surface area contributed by atoms with E-state index in [9.17, 15) is 19.8 Å². The van der Waals surface area contributed by atoms with E-state index in [4.69, 9.17) is 24.4 Å². The van der Waals surface area contributed by atoms with E-state index < -0.39 is 11.2 Å². The largest absolute Gasteiger partial charge is 0.508 e. The van der Waals surface area contributed by atoms with Gasteiger partial charge >= 0.3 is 0 Å². The van der Waals surface area contributed by atoms with Crippen LogP contribution in [0.4, 0.5) is 0 Å². The first-order chi connectivity index (χ1) is 23.9. The molecule has 5 rings (SSSR count). The molecule has 1 aliphatic heterocycles. The summed E-state index contributed by atoms with van der Waals surface area (Å²) in [7, 11) is 0. The zero-order valence-electron chi connectivity index (χ0n) is 29.4. The lowest BCUT2D eigenvalue weighted by Crippen LogP contribution is -2.48. The summed E-state index contributed by atoms with van der Waals surface area (Å²) in [6.07, 6.45) is 1.50. The predicted octanol–water partition coefficient (Wildman–Crippen LogP) is 6.46. The Morgan fingerprint density at radius 3 is 1.48 bits per heavy atom. The van der Waals surface area contributed by atoms with Crippen molar-refractivity contribution in [1.29, 1.82) is 0 Å². The van der Waals surface area contributed by atoms with E-state index in [1.807, 2.05) is 64.1 Å². The van der Waals surface area contributed by atoms with Crippen molar-refractivity contribution in [3.05, 3.63) is 131 Å². The number of ketones is 2. The van der Waals surface area contributed by atoms with Gasteiger partial charge in [0, 0.05) is 27.7 Å². The first-order valence-electron chi connectivity index (χ1n) is 16.8. The Bertz CT molecular complexity index is 1560. The Balaban J connectivity index is 0.000000216. The number of rotatable bonds is 12. The van der Waals surface area contributed by atoms with Crippen LogP contribution in [0.15, 0.2) is 109 Å². The summed E-state index contributed by atoms with van der Waals surface area (Å²) in [6.45, 7) is 9.00. The fourth-order valence-electron chi connectivity index (χ4n) is 4.68. The van der Waals surface area contributed by atoms with E-state index in [2.05, 4.69) is 0 Å². The number of phenols is 1. The fourth-order valence-corrected chi connectivity index (χ4v) is 4.68. The molecule has 0 unspecified atom stereocenters. The lowest BCUT2D eigenvalue weighted by atomic mass is 9.87. The number of ether oxygens (including phenoxy) is 3. The Morgan fingerprint density at radius 2 is 1.10 bits per heavy atom. The molecule has 0 saturated carbocycles. The molecule has 0 bridgehead atoms. The number of carbonyl (C=O) groups excluding carboxylic acids is 2. The van der Waals surface area contributed by atoms with Gasteiger partial charge in [-0.1, -0.05) is 74.5 Å². The van der Waals surface area contributed by atoms with Gasteiger partial charge in [0.05, 0.1) is 45.1 Å². The second-order valence-corrected chi connectivity index (χ2v) is 12.9. The van der Waals surface area contributed by atoms with Crippen LogP contribution in [0.2, 0.25) is 0 Å². The average molecular weight is 687 g/mol. The number of aromatic hydroxyl groups is 1. The molecule has 0 aromatic heterocycles. The van der Waals surface area contributed by atoms with Crippen LogP contribution in [0.25, 0.3) is 0 Å². The minimum absolute atomic E-state index is 0.0319. The van der Waals surface area contributed by atoms with Crippen LogP contribution in [0.3, 0.4) is 0 Å². The first kappa shape index (κ1) is 40.1. The Kier molecular flexibility index (Phi) is 15.3. The van der Waals surface area contributed by atoms with E-state index in [1.165, 1.54) is 12.1 Å². The second kappa shape index (κ2) is 19.1. The van der Waals surface area contributed by atoms with Crippen LogP contribution in [-0.4, -0.2) is 77.4 Å². The van der Waals surface area contributed by atoms with Gasteiger partial charge in [-0.15, -0.1) is 0 Å². The lowest BCUT2D eigenvalue weighted by Gasteiger charge is -2.42. The molecule has 1 heterocycles. The van der Waals surface area contributed by atoms with Crippen LogP contribution in [0.1, 0.15) is 72.4 Å². The van der Waals surface area contributed by atoms with Crippen molar-refractivity contribution in [2.75, 3.05) is 39.6 Å². The van der Waals surface area contributed by atoms with E-state index in [1.54, 1.807) is 60.7 Å². The van der Waals surface area contributed by atoms with E-state index in [0.717, 1.165) is 6.42 Å². The van der Waals surface area contributed by atoms with Crippen molar-refractivity contribution < 1.29 is 44.2 Å². The molecule has 0 spiro atoms. The van der Waals surface area contributed by atoms with Gasteiger partial charge in [0.1, 0.15) is 11.5 Å². The standard InChI is InChI=1S/C19H22O4.C13H10O2.C9H18O3/c1-2-19(12-20,13-21)14-23-17-10-8-16(9-11-17)18(22)15-6-4-3-5-7-15;14-12-8-6-11(7-9-12)13(15)10-4-2-1-3-5-10;1-4-9(5-10)6-11-8(2,3)12-7-9/h3-11,20-21H,2,12-14H2,1H3;1-9,14H;10H,4-7H2,1-3H3. The quantitative estimate of drug-likeness (QED) is 0.124. The van der Waals surface area contributed by atoms with Gasteiger partial charge < -0.3 is 34.6 Å². The lowest BCUT2D eigenvalue weighted by molar-refractivity contribution is -0.290. The molecule has 0 amide bonds. The summed E-state index contributed by atoms with van der Waals surface area (Å²) in [4.78, 5) is 24.2. The molecule has 0 aliphatic carbocycles. The Morgan fingerprint density at radius 1 is 0.680 bits per heavy atom. The van der Waals surface area contributed by atoms with Gasteiger partial charge in [0.25, 0.3) is 0 Å². The van der Waals surface area contributed by atoms with Crippen LogP contribution in [-0.2, 0) is 9.47 Å². The summed E-state index contributed by atoms with van der Waals surface area (Å²) in [5.74, 6) is 0.226. The molecule has 0 atom stereocenters. The molecule has 9 nitrogen and oxygen atoms in total. The maximum Gasteiger partial charge on any atom is 0.193 e. The Hall–Kier alpha value is -4.38. The van der Waals surface area contributed by atoms with Crippen molar-refractivity contribution in [2.45, 2.75) is 46.3 Å². The molecule has 0 radical (unpaired) electrons. The van der Waals surface area contributed by atoms with Crippen molar-refractivity contribution >= 4 is 11.6 Å². The number of benzene rings is 4. The third kappa shape index (κ3) is 11.6. The van der Waals surface area contributed by atoms with Gasteiger partial charge in [-0.2, -0.15) is 0 Å². The predicted molar refractivity (Wildman–Crippen MR) is 192 cm³/mol. The van der Waals surface area contributed by atoms with Gasteiger partial charge in [-0.3, -0.25) is 9.59 Å². The number of carbonyl (C=O) groups is 2. The van der Waals surface area contributed by atoms with Crippen molar-refractivity contribution in [3.8, 4) is 11.5 Å².